The van der Waals surface area contributed by atoms with Gasteiger partial charge in [-0.25, -0.2) is 4.98 Å². The lowest BCUT2D eigenvalue weighted by Gasteiger charge is -2.29. The second kappa shape index (κ2) is 6.24. The van der Waals surface area contributed by atoms with Gasteiger partial charge in [-0.3, -0.25) is 4.90 Å². The predicted molar refractivity (Wildman–Crippen MR) is 83.8 cm³/mol. The van der Waals surface area contributed by atoms with Gasteiger partial charge >= 0.3 is 0 Å². The van der Waals surface area contributed by atoms with Crippen LogP contribution in [0.2, 0.25) is 0 Å². The van der Waals surface area contributed by atoms with Gasteiger partial charge in [-0.1, -0.05) is 27.7 Å². The van der Waals surface area contributed by atoms with Gasteiger partial charge in [-0.15, -0.1) is 11.3 Å². The maximum absolute atomic E-state index is 8.99. The zero-order valence-corrected chi connectivity index (χ0v) is 13.9. The maximum atomic E-state index is 8.99. The lowest BCUT2D eigenvalue weighted by atomic mass is 9.91. The molecule has 0 N–H and O–H groups in total. The van der Waals surface area contributed by atoms with Crippen molar-refractivity contribution in [2.75, 3.05) is 13.1 Å². The number of aromatic nitrogens is 1. The van der Waals surface area contributed by atoms with Crippen molar-refractivity contribution in [3.05, 3.63) is 15.6 Å². The van der Waals surface area contributed by atoms with Crippen LogP contribution >= 0.6 is 11.3 Å². The summed E-state index contributed by atoms with van der Waals surface area (Å²) in [6, 6.07) is 2.28. The molecule has 1 saturated heterocycles. The van der Waals surface area contributed by atoms with Crippen molar-refractivity contribution in [1.82, 2.24) is 9.88 Å². The molecule has 0 unspecified atom stereocenters. The van der Waals surface area contributed by atoms with Crippen LogP contribution in [0.15, 0.2) is 0 Å². The minimum Gasteiger partial charge on any atom is -0.297 e. The van der Waals surface area contributed by atoms with Crippen LogP contribution in [-0.2, 0) is 18.4 Å². The zero-order valence-electron chi connectivity index (χ0n) is 13.1. The van der Waals surface area contributed by atoms with E-state index < -0.39 is 0 Å². The van der Waals surface area contributed by atoms with E-state index >= 15 is 0 Å². The minimum atomic E-state index is 0.0251. The molecule has 2 heterocycles. The number of hydrogen-bond donors (Lipinski definition) is 0. The van der Waals surface area contributed by atoms with Crippen molar-refractivity contribution in [2.24, 2.45) is 5.92 Å². The lowest BCUT2D eigenvalue weighted by molar-refractivity contribution is 0.185. The molecule has 0 atom stereocenters. The van der Waals surface area contributed by atoms with Gasteiger partial charge in [0.25, 0.3) is 0 Å². The van der Waals surface area contributed by atoms with E-state index in [-0.39, 0.29) is 5.41 Å². The van der Waals surface area contributed by atoms with Crippen LogP contribution in [-0.4, -0.2) is 23.0 Å². The summed E-state index contributed by atoms with van der Waals surface area (Å²) in [5.74, 6) is 0.863. The first-order valence-electron chi connectivity index (χ1n) is 7.48. The zero-order chi connectivity index (χ0) is 14.8. The van der Waals surface area contributed by atoms with Crippen LogP contribution in [0.5, 0.6) is 0 Å². The lowest BCUT2D eigenvalue weighted by Crippen LogP contribution is -2.32. The summed E-state index contributed by atoms with van der Waals surface area (Å²) in [4.78, 5) is 8.49. The number of piperidine rings is 1. The summed E-state index contributed by atoms with van der Waals surface area (Å²) in [6.07, 6.45) is 3.08. The monoisotopic (exact) mass is 291 g/mol. The minimum absolute atomic E-state index is 0.0251. The van der Waals surface area contributed by atoms with Gasteiger partial charge in [0.15, 0.2) is 0 Å². The van der Waals surface area contributed by atoms with E-state index in [0.717, 1.165) is 23.0 Å². The van der Waals surface area contributed by atoms with Crippen molar-refractivity contribution in [3.8, 4) is 6.07 Å². The molecule has 0 spiro atoms. The molecule has 0 bridgehead atoms. The van der Waals surface area contributed by atoms with E-state index in [4.69, 9.17) is 10.2 Å². The van der Waals surface area contributed by atoms with Crippen molar-refractivity contribution in [3.63, 3.8) is 0 Å². The average molecular weight is 291 g/mol. The first-order valence-corrected chi connectivity index (χ1v) is 8.30. The third kappa shape index (κ3) is 3.80. The fourth-order valence-corrected chi connectivity index (χ4v) is 3.91. The molecule has 0 radical (unpaired) electrons. The molecule has 0 saturated carbocycles. The fourth-order valence-electron chi connectivity index (χ4n) is 2.66. The Bertz CT molecular complexity index is 485. The van der Waals surface area contributed by atoms with E-state index in [2.05, 4.69) is 38.7 Å². The Morgan fingerprint density at radius 1 is 1.35 bits per heavy atom. The molecule has 1 aromatic rings. The molecular weight excluding hydrogens is 266 g/mol. The summed E-state index contributed by atoms with van der Waals surface area (Å²) < 4.78 is 0. The smallest absolute Gasteiger partial charge is 0.107 e. The Hall–Kier alpha value is -0.920. The van der Waals surface area contributed by atoms with Crippen molar-refractivity contribution in [2.45, 2.75) is 58.9 Å². The molecule has 0 aliphatic carbocycles. The van der Waals surface area contributed by atoms with Crippen LogP contribution in [0, 0.1) is 17.2 Å². The van der Waals surface area contributed by atoms with Gasteiger partial charge in [-0.05, 0) is 31.8 Å². The van der Waals surface area contributed by atoms with E-state index in [1.807, 2.05) is 0 Å². The molecule has 2 rings (SSSR count). The third-order valence-electron chi connectivity index (χ3n) is 3.93. The number of nitriles is 1. The van der Waals surface area contributed by atoms with Crippen molar-refractivity contribution in [1.29, 1.82) is 5.26 Å². The Kier molecular flexibility index (Phi) is 4.82. The topological polar surface area (TPSA) is 39.9 Å². The second-order valence-corrected chi connectivity index (χ2v) is 8.09. The quantitative estimate of drug-likeness (QED) is 0.851. The molecule has 1 fully saturated rings. The molecule has 3 nitrogen and oxygen atoms in total. The third-order valence-corrected chi connectivity index (χ3v) is 4.97. The SMILES string of the molecule is CC1CCN(Cc2nc(C(C)(C)C)c(CC#N)s2)CC1. The predicted octanol–water partition coefficient (Wildman–Crippen LogP) is 3.74. The number of hydrogen-bond acceptors (Lipinski definition) is 4. The van der Waals surface area contributed by atoms with Crippen molar-refractivity contribution >= 4 is 11.3 Å². The van der Waals surface area contributed by atoms with Crippen LogP contribution in [0.1, 0.15) is 56.1 Å². The number of likely N-dealkylation sites (tertiary alicyclic amines) is 1. The molecule has 0 amide bonds. The Morgan fingerprint density at radius 3 is 2.55 bits per heavy atom. The first kappa shape index (κ1) is 15.5. The summed E-state index contributed by atoms with van der Waals surface area (Å²) in [6.45, 7) is 12.2. The Labute approximate surface area is 126 Å². The van der Waals surface area contributed by atoms with E-state index in [0.29, 0.717) is 6.42 Å². The van der Waals surface area contributed by atoms with E-state index in [1.54, 1.807) is 11.3 Å². The van der Waals surface area contributed by atoms with E-state index in [1.165, 1.54) is 30.9 Å². The average Bonchev–Trinajstić information content (AvgIpc) is 2.75. The summed E-state index contributed by atoms with van der Waals surface area (Å²) in [5, 5.41) is 10.2. The second-order valence-electron chi connectivity index (χ2n) is 6.92. The highest BCUT2D eigenvalue weighted by molar-refractivity contribution is 7.11. The molecular formula is C16H25N3S. The fraction of sp³-hybridized carbons (Fsp3) is 0.750. The first-order chi connectivity index (χ1) is 9.40. The molecule has 20 heavy (non-hydrogen) atoms. The molecule has 1 aromatic heterocycles. The maximum Gasteiger partial charge on any atom is 0.107 e. The number of rotatable bonds is 3. The molecule has 110 valence electrons. The molecule has 4 heteroatoms. The van der Waals surface area contributed by atoms with E-state index in [9.17, 15) is 0 Å². The number of thiazole rings is 1. The standard InChI is InChI=1S/C16H25N3S/c1-12-6-9-19(10-7-12)11-14-18-15(16(2,3)4)13(20-14)5-8-17/h12H,5-7,9-11H2,1-4H3. The molecule has 0 aromatic carbocycles. The van der Waals surface area contributed by atoms with Gasteiger partial charge < -0.3 is 0 Å². The highest BCUT2D eigenvalue weighted by atomic mass is 32.1. The highest BCUT2D eigenvalue weighted by Crippen LogP contribution is 2.31. The highest BCUT2D eigenvalue weighted by Gasteiger charge is 2.24. The molecule has 1 aliphatic heterocycles. The number of nitrogens with zero attached hydrogens (tertiary/aromatic N) is 3. The van der Waals surface area contributed by atoms with Crippen LogP contribution in [0.3, 0.4) is 0 Å². The normalized spacial score (nSPS) is 18.1. The van der Waals surface area contributed by atoms with Gasteiger partial charge in [0.05, 0.1) is 24.7 Å². The summed E-state index contributed by atoms with van der Waals surface area (Å²) >= 11 is 1.73. The summed E-state index contributed by atoms with van der Waals surface area (Å²) in [7, 11) is 0. The van der Waals surface area contributed by atoms with Crippen LogP contribution in [0.25, 0.3) is 0 Å². The largest absolute Gasteiger partial charge is 0.297 e. The van der Waals surface area contributed by atoms with Gasteiger partial charge in [0.1, 0.15) is 5.01 Å². The molecule has 1 aliphatic rings. The van der Waals surface area contributed by atoms with Gasteiger partial charge in [0.2, 0.25) is 0 Å². The Balaban J connectivity index is 2.11. The van der Waals surface area contributed by atoms with Gasteiger partial charge in [-0.2, -0.15) is 5.26 Å². The van der Waals surface area contributed by atoms with Crippen LogP contribution < -0.4 is 0 Å². The van der Waals surface area contributed by atoms with Crippen molar-refractivity contribution < 1.29 is 0 Å². The Morgan fingerprint density at radius 2 is 2.00 bits per heavy atom. The van der Waals surface area contributed by atoms with Gasteiger partial charge in [0, 0.05) is 10.3 Å². The van der Waals surface area contributed by atoms with Crippen LogP contribution in [0.4, 0.5) is 0 Å². The summed E-state index contributed by atoms with van der Waals surface area (Å²) in [5.41, 5.74) is 1.14.